The van der Waals surface area contributed by atoms with E-state index >= 15 is 0 Å². The molecular weight excluding hydrogens is 1700 g/mol. The van der Waals surface area contributed by atoms with Crippen molar-refractivity contribution in [1.29, 1.82) is 16.2 Å². The van der Waals surface area contributed by atoms with Gasteiger partial charge in [-0.15, -0.1) is 0 Å². The van der Waals surface area contributed by atoms with Crippen molar-refractivity contribution in [2.45, 2.75) is 0 Å². The van der Waals surface area contributed by atoms with E-state index in [9.17, 15) is 176 Å². The van der Waals surface area contributed by atoms with Gasteiger partial charge in [-0.05, 0) is 0 Å². The van der Waals surface area contributed by atoms with Crippen LogP contribution in [-0.2, 0) is 0 Å². The first kappa shape index (κ1) is 95.2. The zero-order valence-corrected chi connectivity index (χ0v) is 53.8. The van der Waals surface area contributed by atoms with Gasteiger partial charge in [0.05, 0.1) is 44.5 Å². The van der Waals surface area contributed by atoms with Gasteiger partial charge in [0, 0.05) is 36.4 Å². The van der Waals surface area contributed by atoms with Crippen LogP contribution in [0, 0.1) is 249 Å². The van der Waals surface area contributed by atoms with E-state index in [2.05, 4.69) is 14.9 Å². The molecule has 0 aliphatic rings. The quantitative estimate of drug-likeness (QED) is 0.0562. The van der Waals surface area contributed by atoms with Crippen molar-refractivity contribution in [2.75, 3.05) is 0 Å². The van der Waals surface area contributed by atoms with Crippen molar-refractivity contribution >= 4 is 24.4 Å². The normalized spacial score (nSPS) is 10.3. The van der Waals surface area contributed by atoms with E-state index in [1.54, 1.807) is 36.4 Å². The number of hydrogen-bond donors (Lipinski definition) is 0. The third-order valence-corrected chi connectivity index (χ3v) is 13.3. The predicted octanol–water partition coefficient (Wildman–Crippen LogP) is 21.5. The lowest BCUT2D eigenvalue weighted by Crippen LogP contribution is -2.56. The molecule has 0 bridgehead atoms. The maximum absolute atomic E-state index is 13.4. The van der Waals surface area contributed by atoms with Crippen molar-refractivity contribution < 1.29 is 191 Å². The van der Waals surface area contributed by atoms with Crippen LogP contribution in [0.1, 0.15) is 0 Å². The Morgan fingerprint density at radius 3 is 0.276 bits per heavy atom. The number of diazo groups is 3. The fourth-order valence-electron chi connectivity index (χ4n) is 8.08. The molecule has 0 saturated carbocycles. The zero-order valence-electron chi connectivity index (χ0n) is 53.8. The molecule has 0 N–H and O–H groups in total. The maximum Gasteiger partial charge on any atom is 0.385 e. The van der Waals surface area contributed by atoms with Gasteiger partial charge in [-0.25, -0.2) is 176 Å². The molecule has 9 nitrogen and oxygen atoms in total. The van der Waals surface area contributed by atoms with Gasteiger partial charge in [0.25, 0.3) is 0 Å². The summed E-state index contributed by atoms with van der Waals surface area (Å²) in [6.07, 6.45) is 0. The Hall–Kier alpha value is -13.2. The molecule has 0 radical (unpaired) electrons. The van der Waals surface area contributed by atoms with Crippen LogP contribution in [0.3, 0.4) is 0 Å². The summed E-state index contributed by atoms with van der Waals surface area (Å²) in [6.45, 7) is 0. The minimum absolute atomic E-state index is 0.590. The third-order valence-electron chi connectivity index (χ3n) is 13.3. The van der Waals surface area contributed by atoms with Crippen molar-refractivity contribution in [3.8, 4) is 44.5 Å². The fourth-order valence-corrected chi connectivity index (χ4v) is 8.08. The van der Waals surface area contributed by atoms with Gasteiger partial charge in [0.15, 0.2) is 201 Å². The van der Waals surface area contributed by atoms with Crippen molar-refractivity contribution in [3.05, 3.63) is 339 Å². The first-order chi connectivity index (χ1) is 54.0. The molecule has 0 saturated heterocycles. The second kappa shape index (κ2) is 40.0. The van der Waals surface area contributed by atoms with Gasteiger partial charge in [0.1, 0.15) is 0 Å². The first-order valence-corrected chi connectivity index (χ1v) is 28.3. The fraction of sp³-hybridized carbons (Fsp3) is 0. The molecule has 50 heteroatoms. The summed E-state index contributed by atoms with van der Waals surface area (Å²) in [5, 5.41) is 49.7. The van der Waals surface area contributed by atoms with Crippen LogP contribution >= 0.6 is 0 Å². The highest BCUT2D eigenvalue weighted by Gasteiger charge is 2.40. The van der Waals surface area contributed by atoms with E-state index in [1.807, 2.05) is 54.6 Å². The molecule has 0 fully saturated rings. The Morgan fingerprint density at radius 1 is 0.147 bits per heavy atom. The second-order valence-electron chi connectivity index (χ2n) is 20.2. The first-order valence-electron chi connectivity index (χ1n) is 28.3. The van der Waals surface area contributed by atoms with E-state index in [1.165, 1.54) is 0 Å². The molecule has 116 heavy (non-hydrogen) atoms. The van der Waals surface area contributed by atoms with E-state index in [-0.39, 0.29) is 0 Å². The van der Waals surface area contributed by atoms with Crippen LogP contribution in [0.2, 0.25) is 0 Å². The Kier molecular flexibility index (Phi) is 32.8. The minimum atomic E-state index is -2.92. The topological polar surface area (TPSA) is 154 Å². The lowest BCUT2D eigenvalue weighted by atomic mass is 10.0. The Bertz CT molecular complexity index is 4560. The summed E-state index contributed by atoms with van der Waals surface area (Å²) in [6, 6.07) is 26.8. The van der Waals surface area contributed by atoms with Gasteiger partial charge >= 0.3 is 17.1 Å². The van der Waals surface area contributed by atoms with Crippen LogP contribution in [0.4, 0.5) is 193 Å². The van der Waals surface area contributed by atoms with Crippen LogP contribution < -0.4 is 15.1 Å². The molecule has 0 amide bonds. The van der Waals surface area contributed by atoms with Crippen LogP contribution in [-0.4, -0.2) is 7.32 Å². The van der Waals surface area contributed by atoms with Crippen molar-refractivity contribution in [2.24, 2.45) is 0 Å². The van der Waals surface area contributed by atoms with E-state index < -0.39 is 285 Å². The highest BCUT2D eigenvalue weighted by molar-refractivity contribution is 6.24. The third kappa shape index (κ3) is 19.9. The number of benzene rings is 11. The summed E-state index contributed by atoms with van der Waals surface area (Å²) in [4.78, 5) is 8.91. The monoisotopic (exact) mass is 1710 g/mol. The highest BCUT2D eigenvalue weighted by Crippen LogP contribution is 2.43. The molecule has 610 valence electrons. The van der Waals surface area contributed by atoms with Crippen LogP contribution in [0.25, 0.3) is 59.4 Å². The standard InChI is InChI=1S/4C12F10.3C6H5N2.BO3/c4*13-3-1(4(14)8(18)11(21)7(3)17)2-5(15)9(19)12(22)10(20)6(2)16;3*7-8-6-4-2-1-3-5-6;2-1(3)4/h;;;;3*1-5H;/q;;;;3*+1;-3. The van der Waals surface area contributed by atoms with Gasteiger partial charge in [-0.3, -0.25) is 7.32 Å². The molecule has 0 heterocycles. The predicted molar refractivity (Wildman–Crippen MR) is 305 cm³/mol. The highest BCUT2D eigenvalue weighted by atomic mass is 19.2. The molecular formula is C66H15BF40N6O3. The van der Waals surface area contributed by atoms with Crippen LogP contribution in [0.5, 0.6) is 0 Å². The van der Waals surface area contributed by atoms with Gasteiger partial charge in [0.2, 0.25) is 62.7 Å². The average molecular weight is 1710 g/mol. The maximum atomic E-state index is 13.4. The average Bonchev–Trinajstić information content (AvgIpc) is 0.768. The summed E-state index contributed by atoms with van der Waals surface area (Å²) in [7, 11) is -2.92. The van der Waals surface area contributed by atoms with Gasteiger partial charge < -0.3 is 15.1 Å². The molecule has 0 aliphatic carbocycles. The lowest BCUT2D eigenvalue weighted by molar-refractivity contribution is -0.479. The summed E-state index contributed by atoms with van der Waals surface area (Å²) < 4.78 is 525. The Balaban J connectivity index is 0.000000292. The largest absolute Gasteiger partial charge is 0.907 e. The molecule has 11 aromatic carbocycles. The molecule has 0 aromatic heterocycles. The number of rotatable bonds is 4. The molecule has 11 aromatic rings. The van der Waals surface area contributed by atoms with Crippen molar-refractivity contribution in [3.63, 3.8) is 0 Å². The second-order valence-corrected chi connectivity index (χ2v) is 20.2. The van der Waals surface area contributed by atoms with E-state index in [0.717, 1.165) is 0 Å². The number of halogens is 40. The number of nitrogens with zero attached hydrogens (tertiary/aromatic N) is 6. The smallest absolute Gasteiger partial charge is 0.385 e. The summed E-state index contributed by atoms with van der Waals surface area (Å²) in [5.41, 5.74) is -16.3. The van der Waals surface area contributed by atoms with Crippen LogP contribution in [0.15, 0.2) is 91.0 Å². The minimum Gasteiger partial charge on any atom is -0.907 e. The molecule has 0 spiro atoms. The molecule has 11 rings (SSSR count). The SMILES string of the molecule is Fc1c(F)c(F)c(-c2c(F)c(F)c(F)c(F)c2F)c(F)c1F.Fc1c(F)c(F)c(-c2c(F)c(F)c(F)c(F)c2F)c(F)c1F.Fc1c(F)c(F)c(-c2c(F)c(F)c(F)c(F)c2F)c(F)c1F.Fc1c(F)c(F)c(-c2c(F)c(F)c(F)c(F)c2F)c(F)c1F.N#[N+]c1ccccc1.N#[N+]c1ccccc1.N#[N+]c1ccccc1.[O-]B([O-])[O-]. The lowest BCUT2D eigenvalue weighted by Gasteiger charge is -2.35. The Labute approximate surface area is 613 Å². The summed E-state index contributed by atoms with van der Waals surface area (Å²) in [5.74, 6) is -107. The molecule has 0 unspecified atom stereocenters. The van der Waals surface area contributed by atoms with E-state index in [4.69, 9.17) is 31.3 Å². The zero-order chi connectivity index (χ0) is 88.8. The van der Waals surface area contributed by atoms with E-state index in [0.29, 0.717) is 17.1 Å². The van der Waals surface area contributed by atoms with Gasteiger partial charge in [-0.2, -0.15) is 0 Å². The Morgan fingerprint density at radius 2 is 0.216 bits per heavy atom. The number of hydrogen-bond acceptors (Lipinski definition) is 6. The summed E-state index contributed by atoms with van der Waals surface area (Å²) >= 11 is 0. The molecule has 0 aliphatic heterocycles. The molecule has 0 atom stereocenters. The van der Waals surface area contributed by atoms with Gasteiger partial charge in [-0.1, -0.05) is 54.6 Å². The van der Waals surface area contributed by atoms with Crippen molar-refractivity contribution in [1.82, 2.24) is 0 Å².